The van der Waals surface area contributed by atoms with Gasteiger partial charge in [-0.3, -0.25) is 9.59 Å². The molecule has 0 aliphatic heterocycles. The number of hydrogen-bond donors (Lipinski definition) is 3. The van der Waals surface area contributed by atoms with Crippen LogP contribution in [-0.4, -0.2) is 28.0 Å². The first-order chi connectivity index (χ1) is 7.02. The summed E-state index contributed by atoms with van der Waals surface area (Å²) in [5, 5.41) is 10.8. The SMILES string of the molecule is C[C@H](NC(=O)c1ncccc1N)C(=O)O. The summed E-state index contributed by atoms with van der Waals surface area (Å²) in [5.74, 6) is -1.71. The summed E-state index contributed by atoms with van der Waals surface area (Å²) in [6.45, 7) is 1.36. The first kappa shape index (κ1) is 11.0. The fourth-order valence-corrected chi connectivity index (χ4v) is 0.934. The number of anilines is 1. The molecule has 1 aromatic heterocycles. The van der Waals surface area contributed by atoms with Gasteiger partial charge in [0, 0.05) is 6.20 Å². The van der Waals surface area contributed by atoms with Gasteiger partial charge in [-0.25, -0.2) is 4.98 Å². The van der Waals surface area contributed by atoms with E-state index in [4.69, 9.17) is 10.8 Å². The van der Waals surface area contributed by atoms with Gasteiger partial charge in [0.25, 0.3) is 5.91 Å². The van der Waals surface area contributed by atoms with Crippen LogP contribution >= 0.6 is 0 Å². The Morgan fingerprint density at radius 2 is 2.27 bits per heavy atom. The molecule has 0 spiro atoms. The third-order valence-corrected chi connectivity index (χ3v) is 1.77. The zero-order chi connectivity index (χ0) is 11.4. The van der Waals surface area contributed by atoms with Crippen molar-refractivity contribution in [2.45, 2.75) is 13.0 Å². The highest BCUT2D eigenvalue weighted by Gasteiger charge is 2.17. The van der Waals surface area contributed by atoms with E-state index in [1.807, 2.05) is 0 Å². The molecular weight excluding hydrogens is 198 g/mol. The third-order valence-electron chi connectivity index (χ3n) is 1.77. The maximum Gasteiger partial charge on any atom is 0.325 e. The lowest BCUT2D eigenvalue weighted by molar-refractivity contribution is -0.138. The number of nitrogen functional groups attached to an aromatic ring is 1. The molecule has 1 rings (SSSR count). The van der Waals surface area contributed by atoms with Crippen LogP contribution < -0.4 is 11.1 Å². The summed E-state index contributed by atoms with van der Waals surface area (Å²) < 4.78 is 0. The second-order valence-electron chi connectivity index (χ2n) is 2.97. The van der Waals surface area contributed by atoms with Crippen LogP contribution in [0.5, 0.6) is 0 Å². The summed E-state index contributed by atoms with van der Waals surface area (Å²) in [7, 11) is 0. The number of amides is 1. The molecule has 1 heterocycles. The molecule has 0 bridgehead atoms. The van der Waals surface area contributed by atoms with Crippen molar-refractivity contribution in [1.82, 2.24) is 10.3 Å². The van der Waals surface area contributed by atoms with E-state index < -0.39 is 17.9 Å². The van der Waals surface area contributed by atoms with E-state index in [0.717, 1.165) is 0 Å². The van der Waals surface area contributed by atoms with Gasteiger partial charge in [-0.2, -0.15) is 0 Å². The van der Waals surface area contributed by atoms with Gasteiger partial charge in [0.05, 0.1) is 5.69 Å². The van der Waals surface area contributed by atoms with Crippen molar-refractivity contribution < 1.29 is 14.7 Å². The van der Waals surface area contributed by atoms with E-state index in [0.29, 0.717) is 0 Å². The maximum absolute atomic E-state index is 11.5. The van der Waals surface area contributed by atoms with Gasteiger partial charge in [-0.1, -0.05) is 0 Å². The second-order valence-corrected chi connectivity index (χ2v) is 2.97. The van der Waals surface area contributed by atoms with Crippen LogP contribution in [0, 0.1) is 0 Å². The Morgan fingerprint density at radius 1 is 1.60 bits per heavy atom. The molecule has 4 N–H and O–H groups in total. The van der Waals surface area contributed by atoms with E-state index in [9.17, 15) is 9.59 Å². The average Bonchev–Trinajstić information content (AvgIpc) is 2.18. The Balaban J connectivity index is 2.78. The average molecular weight is 209 g/mol. The maximum atomic E-state index is 11.5. The molecule has 0 saturated carbocycles. The zero-order valence-electron chi connectivity index (χ0n) is 8.10. The standard InChI is InChI=1S/C9H11N3O3/c1-5(9(14)15)12-8(13)7-6(10)3-2-4-11-7/h2-5H,10H2,1H3,(H,12,13)(H,14,15)/t5-/m0/s1. The largest absolute Gasteiger partial charge is 0.480 e. The Kier molecular flexibility index (Phi) is 3.22. The molecule has 0 radical (unpaired) electrons. The number of nitrogens with zero attached hydrogens (tertiary/aromatic N) is 1. The number of pyridine rings is 1. The monoisotopic (exact) mass is 209 g/mol. The molecule has 1 atom stereocenters. The van der Waals surface area contributed by atoms with Crippen molar-refractivity contribution in [2.75, 3.05) is 5.73 Å². The first-order valence-corrected chi connectivity index (χ1v) is 4.26. The first-order valence-electron chi connectivity index (χ1n) is 4.26. The molecule has 0 fully saturated rings. The normalized spacial score (nSPS) is 11.8. The van der Waals surface area contributed by atoms with Crippen molar-refractivity contribution in [1.29, 1.82) is 0 Å². The molecule has 0 unspecified atom stereocenters. The Bertz CT molecular complexity index is 392. The smallest absolute Gasteiger partial charge is 0.325 e. The lowest BCUT2D eigenvalue weighted by atomic mass is 10.2. The molecular formula is C9H11N3O3. The van der Waals surface area contributed by atoms with Crippen LogP contribution in [-0.2, 0) is 4.79 Å². The second kappa shape index (κ2) is 4.41. The van der Waals surface area contributed by atoms with Crippen LogP contribution in [0.3, 0.4) is 0 Å². The summed E-state index contributed by atoms with van der Waals surface area (Å²) in [4.78, 5) is 25.7. The van der Waals surface area contributed by atoms with Crippen LogP contribution in [0.15, 0.2) is 18.3 Å². The molecule has 0 aliphatic rings. The Morgan fingerprint density at radius 3 is 2.80 bits per heavy atom. The number of carboxylic acid groups (broad SMARTS) is 1. The Hall–Kier alpha value is -2.11. The van der Waals surface area contributed by atoms with Gasteiger partial charge in [0.2, 0.25) is 0 Å². The van der Waals surface area contributed by atoms with E-state index in [1.165, 1.54) is 19.2 Å². The number of aliphatic carboxylic acids is 1. The minimum atomic E-state index is -1.11. The fourth-order valence-electron chi connectivity index (χ4n) is 0.934. The van der Waals surface area contributed by atoms with Gasteiger partial charge in [-0.05, 0) is 19.1 Å². The summed E-state index contributed by atoms with van der Waals surface area (Å²) in [6.07, 6.45) is 1.41. The van der Waals surface area contributed by atoms with Gasteiger partial charge < -0.3 is 16.2 Å². The van der Waals surface area contributed by atoms with E-state index in [1.54, 1.807) is 6.07 Å². The molecule has 0 aromatic carbocycles. The number of hydrogen-bond acceptors (Lipinski definition) is 4. The summed E-state index contributed by atoms with van der Waals surface area (Å²) in [5.41, 5.74) is 5.75. The highest BCUT2D eigenvalue weighted by Crippen LogP contribution is 2.06. The van der Waals surface area contributed by atoms with Crippen molar-refractivity contribution in [3.05, 3.63) is 24.0 Å². The number of carbonyl (C=O) groups is 2. The minimum absolute atomic E-state index is 0.0330. The van der Waals surface area contributed by atoms with Crippen molar-refractivity contribution in [3.8, 4) is 0 Å². The van der Waals surface area contributed by atoms with Gasteiger partial charge in [0.15, 0.2) is 5.69 Å². The molecule has 6 nitrogen and oxygen atoms in total. The van der Waals surface area contributed by atoms with Crippen LogP contribution in [0.2, 0.25) is 0 Å². The van der Waals surface area contributed by atoms with Crippen LogP contribution in [0.25, 0.3) is 0 Å². The summed E-state index contributed by atoms with van der Waals surface area (Å²) >= 11 is 0. The van der Waals surface area contributed by atoms with Gasteiger partial charge >= 0.3 is 5.97 Å². The lowest BCUT2D eigenvalue weighted by Gasteiger charge is -2.09. The fraction of sp³-hybridized carbons (Fsp3) is 0.222. The molecule has 0 aliphatic carbocycles. The number of nitrogens with one attached hydrogen (secondary N) is 1. The van der Waals surface area contributed by atoms with Crippen LogP contribution in [0.4, 0.5) is 5.69 Å². The predicted octanol–water partition coefficient (Wildman–Crippen LogP) is -0.133. The molecule has 1 amide bonds. The third kappa shape index (κ3) is 2.67. The Labute approximate surface area is 86.1 Å². The molecule has 15 heavy (non-hydrogen) atoms. The molecule has 1 aromatic rings. The zero-order valence-corrected chi connectivity index (χ0v) is 8.10. The van der Waals surface area contributed by atoms with Crippen molar-refractivity contribution in [2.24, 2.45) is 0 Å². The minimum Gasteiger partial charge on any atom is -0.480 e. The predicted molar refractivity (Wildman–Crippen MR) is 53.2 cm³/mol. The van der Waals surface area contributed by atoms with E-state index in [2.05, 4.69) is 10.3 Å². The van der Waals surface area contributed by atoms with Crippen molar-refractivity contribution >= 4 is 17.6 Å². The lowest BCUT2D eigenvalue weighted by Crippen LogP contribution is -2.38. The van der Waals surface area contributed by atoms with E-state index in [-0.39, 0.29) is 11.4 Å². The number of carboxylic acids is 1. The van der Waals surface area contributed by atoms with Crippen molar-refractivity contribution in [3.63, 3.8) is 0 Å². The van der Waals surface area contributed by atoms with Crippen LogP contribution in [0.1, 0.15) is 17.4 Å². The number of nitrogens with two attached hydrogens (primary N) is 1. The topological polar surface area (TPSA) is 105 Å². The highest BCUT2D eigenvalue weighted by atomic mass is 16.4. The van der Waals surface area contributed by atoms with E-state index >= 15 is 0 Å². The number of rotatable bonds is 3. The molecule has 0 saturated heterocycles. The van der Waals surface area contributed by atoms with Gasteiger partial charge in [-0.15, -0.1) is 0 Å². The summed E-state index contributed by atoms with van der Waals surface area (Å²) in [6, 6.07) is 2.14. The number of carbonyl (C=O) groups excluding carboxylic acids is 1. The quantitative estimate of drug-likeness (QED) is 0.642. The van der Waals surface area contributed by atoms with Gasteiger partial charge in [0.1, 0.15) is 6.04 Å². The molecule has 80 valence electrons. The highest BCUT2D eigenvalue weighted by molar-refractivity contribution is 5.98. The number of aromatic nitrogens is 1. The molecule has 6 heteroatoms.